The Morgan fingerprint density at radius 2 is 2.11 bits per heavy atom. The molecule has 2 aromatic heterocycles. The van der Waals surface area contributed by atoms with E-state index in [2.05, 4.69) is 41.2 Å². The lowest BCUT2D eigenvalue weighted by Crippen LogP contribution is -2.35. The molecule has 0 saturated carbocycles. The molecular weight excluding hydrogens is 228 g/mol. The van der Waals surface area contributed by atoms with Crippen LogP contribution in [-0.2, 0) is 6.54 Å². The van der Waals surface area contributed by atoms with Crippen molar-refractivity contribution >= 4 is 0 Å². The van der Waals surface area contributed by atoms with Crippen LogP contribution in [0.25, 0.3) is 11.4 Å². The lowest BCUT2D eigenvalue weighted by atomic mass is 10.1. The minimum atomic E-state index is 0.0290. The number of aryl methyl sites for hydroxylation is 1. The molecule has 0 aromatic carbocycles. The maximum atomic E-state index is 5.23. The molecule has 18 heavy (non-hydrogen) atoms. The normalized spacial score (nSPS) is 11.8. The van der Waals surface area contributed by atoms with Gasteiger partial charge in [0.2, 0.25) is 11.7 Å². The summed E-state index contributed by atoms with van der Waals surface area (Å²) in [7, 11) is 0. The molecule has 0 bridgehead atoms. The van der Waals surface area contributed by atoms with Crippen LogP contribution in [0.1, 0.15) is 32.2 Å². The van der Waals surface area contributed by atoms with E-state index >= 15 is 0 Å². The lowest BCUT2D eigenvalue weighted by Gasteiger charge is -2.18. The topological polar surface area (TPSA) is 63.8 Å². The Labute approximate surface area is 107 Å². The summed E-state index contributed by atoms with van der Waals surface area (Å²) in [6.45, 7) is 8.83. The zero-order valence-electron chi connectivity index (χ0n) is 11.2. The highest BCUT2D eigenvalue weighted by Crippen LogP contribution is 2.18. The summed E-state index contributed by atoms with van der Waals surface area (Å²) in [6.07, 6.45) is 3.52. The fraction of sp³-hybridized carbons (Fsp3) is 0.462. The van der Waals surface area contributed by atoms with Crippen molar-refractivity contribution in [3.63, 3.8) is 0 Å². The van der Waals surface area contributed by atoms with Gasteiger partial charge in [-0.3, -0.25) is 4.98 Å². The predicted molar refractivity (Wildman–Crippen MR) is 68.9 cm³/mol. The van der Waals surface area contributed by atoms with E-state index in [9.17, 15) is 0 Å². The van der Waals surface area contributed by atoms with Gasteiger partial charge in [-0.15, -0.1) is 0 Å². The van der Waals surface area contributed by atoms with E-state index in [-0.39, 0.29) is 5.54 Å². The zero-order valence-corrected chi connectivity index (χ0v) is 11.2. The molecule has 5 nitrogen and oxygen atoms in total. The molecule has 0 unspecified atom stereocenters. The van der Waals surface area contributed by atoms with Crippen molar-refractivity contribution < 1.29 is 4.52 Å². The lowest BCUT2D eigenvalue weighted by molar-refractivity contribution is 0.336. The second-order valence-corrected chi connectivity index (χ2v) is 5.31. The van der Waals surface area contributed by atoms with E-state index in [0.717, 1.165) is 11.1 Å². The average molecular weight is 246 g/mol. The maximum Gasteiger partial charge on any atom is 0.240 e. The molecule has 2 rings (SSSR count). The number of nitrogens with zero attached hydrogens (tertiary/aromatic N) is 3. The van der Waals surface area contributed by atoms with Crippen molar-refractivity contribution in [1.82, 2.24) is 20.4 Å². The second-order valence-electron chi connectivity index (χ2n) is 5.31. The van der Waals surface area contributed by atoms with Crippen molar-refractivity contribution in [2.45, 2.75) is 39.8 Å². The average Bonchev–Trinajstić information content (AvgIpc) is 2.75. The SMILES string of the molecule is Cc1cnccc1-c1noc(CNC(C)(C)C)n1. The van der Waals surface area contributed by atoms with Gasteiger partial charge in [0.05, 0.1) is 6.54 Å². The number of hydrogen-bond acceptors (Lipinski definition) is 5. The van der Waals surface area contributed by atoms with Gasteiger partial charge in [-0.2, -0.15) is 4.98 Å². The van der Waals surface area contributed by atoms with Crippen molar-refractivity contribution in [3.8, 4) is 11.4 Å². The van der Waals surface area contributed by atoms with Crippen LogP contribution < -0.4 is 5.32 Å². The Morgan fingerprint density at radius 1 is 1.33 bits per heavy atom. The van der Waals surface area contributed by atoms with Crippen LogP contribution >= 0.6 is 0 Å². The fourth-order valence-electron chi connectivity index (χ4n) is 1.50. The van der Waals surface area contributed by atoms with Gasteiger partial charge >= 0.3 is 0 Å². The summed E-state index contributed by atoms with van der Waals surface area (Å²) in [6, 6.07) is 1.89. The Morgan fingerprint density at radius 3 is 2.78 bits per heavy atom. The number of nitrogens with one attached hydrogen (secondary N) is 1. The summed E-state index contributed by atoms with van der Waals surface area (Å²) in [5.41, 5.74) is 2.02. The third-order valence-electron chi connectivity index (χ3n) is 2.50. The minimum absolute atomic E-state index is 0.0290. The fourth-order valence-corrected chi connectivity index (χ4v) is 1.50. The van der Waals surface area contributed by atoms with E-state index in [0.29, 0.717) is 18.3 Å². The van der Waals surface area contributed by atoms with Crippen molar-refractivity contribution in [2.24, 2.45) is 0 Å². The van der Waals surface area contributed by atoms with Crippen molar-refractivity contribution in [3.05, 3.63) is 29.9 Å². The summed E-state index contributed by atoms with van der Waals surface area (Å²) in [5, 5.41) is 7.30. The molecule has 0 atom stereocenters. The third-order valence-corrected chi connectivity index (χ3v) is 2.50. The molecule has 2 heterocycles. The van der Waals surface area contributed by atoms with Crippen LogP contribution in [0.4, 0.5) is 0 Å². The first kappa shape index (κ1) is 12.7. The molecule has 0 aliphatic carbocycles. The number of pyridine rings is 1. The molecule has 0 radical (unpaired) electrons. The largest absolute Gasteiger partial charge is 0.338 e. The Kier molecular flexibility index (Phi) is 3.43. The van der Waals surface area contributed by atoms with Gasteiger partial charge < -0.3 is 9.84 Å². The van der Waals surface area contributed by atoms with Gasteiger partial charge in [0.1, 0.15) is 0 Å². The van der Waals surface area contributed by atoms with E-state index in [1.165, 1.54) is 0 Å². The molecule has 96 valence electrons. The molecule has 0 fully saturated rings. The van der Waals surface area contributed by atoms with Gasteiger partial charge in [0.25, 0.3) is 0 Å². The molecule has 5 heteroatoms. The smallest absolute Gasteiger partial charge is 0.240 e. The molecular formula is C13H18N4O. The van der Waals surface area contributed by atoms with E-state index in [1.54, 1.807) is 12.4 Å². The van der Waals surface area contributed by atoms with Gasteiger partial charge in [-0.25, -0.2) is 0 Å². The predicted octanol–water partition coefficient (Wildman–Crippen LogP) is 2.33. The molecule has 0 amide bonds. The van der Waals surface area contributed by atoms with Crippen LogP contribution in [0, 0.1) is 6.92 Å². The van der Waals surface area contributed by atoms with Crippen LogP contribution in [0.2, 0.25) is 0 Å². The molecule has 1 N–H and O–H groups in total. The van der Waals surface area contributed by atoms with Gasteiger partial charge in [-0.1, -0.05) is 5.16 Å². The van der Waals surface area contributed by atoms with E-state index < -0.39 is 0 Å². The highest BCUT2D eigenvalue weighted by atomic mass is 16.5. The first-order chi connectivity index (χ1) is 8.46. The first-order valence-corrected chi connectivity index (χ1v) is 5.94. The summed E-state index contributed by atoms with van der Waals surface area (Å²) >= 11 is 0. The summed E-state index contributed by atoms with van der Waals surface area (Å²) < 4.78 is 5.23. The molecule has 0 aliphatic heterocycles. The maximum absolute atomic E-state index is 5.23. The highest BCUT2D eigenvalue weighted by Gasteiger charge is 2.13. The van der Waals surface area contributed by atoms with Crippen molar-refractivity contribution in [1.29, 1.82) is 0 Å². The Bertz CT molecular complexity index is 528. The van der Waals surface area contributed by atoms with Crippen LogP contribution in [0.15, 0.2) is 23.0 Å². The van der Waals surface area contributed by atoms with Gasteiger partial charge in [-0.05, 0) is 39.3 Å². The molecule has 0 aliphatic rings. The number of hydrogen-bond donors (Lipinski definition) is 1. The quantitative estimate of drug-likeness (QED) is 0.900. The van der Waals surface area contributed by atoms with Gasteiger partial charge in [0.15, 0.2) is 0 Å². The summed E-state index contributed by atoms with van der Waals surface area (Å²) in [4.78, 5) is 8.42. The molecule has 0 spiro atoms. The monoisotopic (exact) mass is 246 g/mol. The first-order valence-electron chi connectivity index (χ1n) is 5.94. The van der Waals surface area contributed by atoms with Crippen LogP contribution in [0.3, 0.4) is 0 Å². The third kappa shape index (κ3) is 3.13. The van der Waals surface area contributed by atoms with E-state index in [4.69, 9.17) is 4.52 Å². The van der Waals surface area contributed by atoms with Crippen LogP contribution in [-0.4, -0.2) is 20.7 Å². The van der Waals surface area contributed by atoms with Crippen molar-refractivity contribution in [2.75, 3.05) is 0 Å². The van der Waals surface area contributed by atoms with Crippen LogP contribution in [0.5, 0.6) is 0 Å². The molecule has 2 aromatic rings. The Balaban J connectivity index is 2.14. The Hall–Kier alpha value is -1.75. The van der Waals surface area contributed by atoms with E-state index in [1.807, 2.05) is 13.0 Å². The van der Waals surface area contributed by atoms with Gasteiger partial charge in [0, 0.05) is 23.5 Å². The number of rotatable bonds is 3. The second kappa shape index (κ2) is 4.86. The standard InChI is InChI=1S/C13H18N4O/c1-9-7-14-6-5-10(9)12-16-11(18-17-12)8-15-13(2,3)4/h5-7,15H,8H2,1-4H3. The molecule has 0 saturated heterocycles. The highest BCUT2D eigenvalue weighted by molar-refractivity contribution is 5.57. The summed E-state index contributed by atoms with van der Waals surface area (Å²) in [5.74, 6) is 1.21. The number of aromatic nitrogens is 3. The minimum Gasteiger partial charge on any atom is -0.338 e. The zero-order chi connectivity index (χ0) is 13.2.